The Morgan fingerprint density at radius 2 is 1.51 bits per heavy atom. The number of anilines is 1. The van der Waals surface area contributed by atoms with Crippen LogP contribution in [0.25, 0.3) is 0 Å². The molecular weight excluding hydrogens is 634 g/mol. The van der Waals surface area contributed by atoms with Crippen LogP contribution in [0.4, 0.5) is 5.69 Å². The standard InChI is InChI=1S/C41H44ClN3O4/c42-30-7-3-8-31(24-30)45-41(39(46)47)18-16-40(17-19-41)29(23-28-6-1-2-11-34(28)40)22-27(25-48-37-14-20-43-35-12-4-9-32(35)37)26-49-38-15-21-44-36-13-5-10-33(36)38/h1-3,6-8,11,14-15,20-21,24,27,29,45H,4-5,9-10,12-13,16-19,22-23,25-26H2,(H,46,47)/t29-,40?,41?/m0/s1. The molecule has 1 fully saturated rings. The molecule has 1 spiro atoms. The Morgan fingerprint density at radius 1 is 0.857 bits per heavy atom. The fraction of sp³-hybridized carbons (Fsp3) is 0.439. The molecule has 2 aromatic carbocycles. The lowest BCUT2D eigenvalue weighted by Gasteiger charge is -2.47. The molecule has 1 saturated carbocycles. The molecule has 0 saturated heterocycles. The molecule has 8 heteroatoms. The lowest BCUT2D eigenvalue weighted by atomic mass is 9.59. The highest BCUT2D eigenvalue weighted by Crippen LogP contribution is 2.56. The first-order valence-corrected chi connectivity index (χ1v) is 18.3. The van der Waals surface area contributed by atoms with Gasteiger partial charge in [-0.15, -0.1) is 0 Å². The maximum Gasteiger partial charge on any atom is 0.329 e. The van der Waals surface area contributed by atoms with Crippen molar-refractivity contribution >= 4 is 23.3 Å². The van der Waals surface area contributed by atoms with Crippen LogP contribution in [-0.4, -0.2) is 39.8 Å². The Bertz CT molecular complexity index is 1790. The van der Waals surface area contributed by atoms with E-state index in [0.717, 1.165) is 81.4 Å². The summed E-state index contributed by atoms with van der Waals surface area (Å²) < 4.78 is 13.3. The second-order valence-electron chi connectivity index (χ2n) is 14.6. The smallest absolute Gasteiger partial charge is 0.329 e. The van der Waals surface area contributed by atoms with E-state index in [1.54, 1.807) is 0 Å². The zero-order valence-corrected chi connectivity index (χ0v) is 28.7. The molecule has 49 heavy (non-hydrogen) atoms. The minimum absolute atomic E-state index is 0.111. The highest BCUT2D eigenvalue weighted by molar-refractivity contribution is 6.30. The number of hydrogen-bond acceptors (Lipinski definition) is 6. The normalized spacial score (nSPS) is 23.7. The number of carbonyl (C=O) groups is 1. The van der Waals surface area contributed by atoms with Crippen molar-refractivity contribution in [2.45, 2.75) is 88.0 Å². The van der Waals surface area contributed by atoms with Crippen molar-refractivity contribution in [2.24, 2.45) is 11.8 Å². The number of rotatable bonds is 11. The average Bonchev–Trinajstić information content (AvgIpc) is 3.86. The minimum atomic E-state index is -1.05. The van der Waals surface area contributed by atoms with Crippen molar-refractivity contribution < 1.29 is 19.4 Å². The first kappa shape index (κ1) is 32.1. The second-order valence-corrected chi connectivity index (χ2v) is 15.1. The molecule has 0 bridgehead atoms. The van der Waals surface area contributed by atoms with Gasteiger partial charge in [0.1, 0.15) is 17.0 Å². The number of carboxylic acid groups (broad SMARTS) is 1. The van der Waals surface area contributed by atoms with Gasteiger partial charge in [-0.3, -0.25) is 9.97 Å². The molecule has 2 N–H and O–H groups in total. The van der Waals surface area contributed by atoms with E-state index < -0.39 is 11.5 Å². The molecule has 0 unspecified atom stereocenters. The molecule has 7 nitrogen and oxygen atoms in total. The van der Waals surface area contributed by atoms with Gasteiger partial charge in [0.15, 0.2) is 0 Å². The predicted molar refractivity (Wildman–Crippen MR) is 191 cm³/mol. The number of ether oxygens (including phenoxy) is 2. The molecule has 0 amide bonds. The second kappa shape index (κ2) is 13.3. The van der Waals surface area contributed by atoms with Gasteiger partial charge in [0.2, 0.25) is 0 Å². The Kier molecular flexibility index (Phi) is 8.73. The molecule has 2 aromatic heterocycles. The zero-order valence-electron chi connectivity index (χ0n) is 27.9. The first-order valence-electron chi connectivity index (χ1n) is 18.0. The van der Waals surface area contributed by atoms with Crippen LogP contribution in [0.15, 0.2) is 73.1 Å². The number of fused-ring (bicyclic) bond motifs is 4. The summed E-state index contributed by atoms with van der Waals surface area (Å²) in [6, 6.07) is 20.2. The number of pyridine rings is 2. The molecule has 254 valence electrons. The summed E-state index contributed by atoms with van der Waals surface area (Å²) in [5, 5.41) is 14.6. The summed E-state index contributed by atoms with van der Waals surface area (Å²) in [7, 11) is 0. The van der Waals surface area contributed by atoms with Gasteiger partial charge in [0, 0.05) is 51.5 Å². The lowest BCUT2D eigenvalue weighted by molar-refractivity contribution is -0.144. The van der Waals surface area contributed by atoms with Gasteiger partial charge in [-0.2, -0.15) is 0 Å². The SMILES string of the molecule is O=C(O)C1(Nc2cccc(Cl)c2)CCC2(CC1)c1ccccc1C[C@@H]2CC(COc1ccnc2c1CCC2)COc1ccnc2c1CCC2. The summed E-state index contributed by atoms with van der Waals surface area (Å²) in [4.78, 5) is 22.2. The van der Waals surface area contributed by atoms with E-state index in [4.69, 9.17) is 21.1 Å². The van der Waals surface area contributed by atoms with Crippen LogP contribution in [0.5, 0.6) is 11.5 Å². The van der Waals surface area contributed by atoms with Crippen LogP contribution in [0, 0.1) is 11.8 Å². The number of halogens is 1. The number of aryl methyl sites for hydroxylation is 2. The van der Waals surface area contributed by atoms with Gasteiger partial charge >= 0.3 is 5.97 Å². The minimum Gasteiger partial charge on any atom is -0.493 e. The predicted octanol–water partition coefficient (Wildman–Crippen LogP) is 8.19. The Labute approximate surface area is 293 Å². The van der Waals surface area contributed by atoms with Gasteiger partial charge in [0.05, 0.1) is 13.2 Å². The Morgan fingerprint density at radius 3 is 2.14 bits per heavy atom. The van der Waals surface area contributed by atoms with E-state index in [1.165, 1.54) is 33.6 Å². The number of nitrogens with zero attached hydrogens (tertiary/aromatic N) is 2. The molecular formula is C41H44ClN3O4. The Balaban J connectivity index is 1.06. The number of hydrogen-bond donors (Lipinski definition) is 2. The van der Waals surface area contributed by atoms with E-state index in [1.807, 2.05) is 48.8 Å². The number of benzene rings is 2. The van der Waals surface area contributed by atoms with Crippen LogP contribution in [0.1, 0.15) is 78.6 Å². The van der Waals surface area contributed by atoms with E-state index in [2.05, 4.69) is 39.6 Å². The molecule has 4 aliphatic carbocycles. The largest absolute Gasteiger partial charge is 0.493 e. The van der Waals surface area contributed by atoms with Gasteiger partial charge in [-0.05, 0) is 130 Å². The van der Waals surface area contributed by atoms with Gasteiger partial charge < -0.3 is 19.9 Å². The third kappa shape index (κ3) is 6.16. The van der Waals surface area contributed by atoms with Crippen LogP contribution >= 0.6 is 11.6 Å². The highest BCUT2D eigenvalue weighted by atomic mass is 35.5. The third-order valence-corrected chi connectivity index (χ3v) is 12.1. The monoisotopic (exact) mass is 677 g/mol. The van der Waals surface area contributed by atoms with Crippen molar-refractivity contribution in [1.82, 2.24) is 9.97 Å². The van der Waals surface area contributed by atoms with E-state index in [-0.39, 0.29) is 11.3 Å². The van der Waals surface area contributed by atoms with Crippen molar-refractivity contribution in [3.8, 4) is 11.5 Å². The van der Waals surface area contributed by atoms with Crippen LogP contribution in [0.3, 0.4) is 0 Å². The summed E-state index contributed by atoms with van der Waals surface area (Å²) in [5.41, 5.74) is 7.20. The van der Waals surface area contributed by atoms with Gasteiger partial charge in [0.25, 0.3) is 0 Å². The van der Waals surface area contributed by atoms with Crippen molar-refractivity contribution in [1.29, 1.82) is 0 Å². The van der Waals surface area contributed by atoms with Gasteiger partial charge in [-0.25, -0.2) is 4.79 Å². The maximum absolute atomic E-state index is 12.9. The molecule has 0 radical (unpaired) electrons. The van der Waals surface area contributed by atoms with Crippen LogP contribution in [0.2, 0.25) is 5.02 Å². The van der Waals surface area contributed by atoms with E-state index >= 15 is 0 Å². The summed E-state index contributed by atoms with van der Waals surface area (Å²) in [6.45, 7) is 1.12. The fourth-order valence-corrected chi connectivity index (χ4v) is 9.53. The summed E-state index contributed by atoms with van der Waals surface area (Å²) >= 11 is 6.28. The van der Waals surface area contributed by atoms with Crippen LogP contribution < -0.4 is 14.8 Å². The van der Waals surface area contributed by atoms with Crippen molar-refractivity contribution in [2.75, 3.05) is 18.5 Å². The highest BCUT2D eigenvalue weighted by Gasteiger charge is 2.54. The van der Waals surface area contributed by atoms with Crippen molar-refractivity contribution in [3.05, 3.63) is 112 Å². The summed E-state index contributed by atoms with van der Waals surface area (Å²) in [5.74, 6) is 1.59. The van der Waals surface area contributed by atoms with Gasteiger partial charge in [-0.1, -0.05) is 41.9 Å². The van der Waals surface area contributed by atoms with E-state index in [0.29, 0.717) is 37.0 Å². The molecule has 4 aromatic rings. The Hall–Kier alpha value is -4.10. The summed E-state index contributed by atoms with van der Waals surface area (Å²) in [6.07, 6.45) is 14.6. The molecule has 2 heterocycles. The van der Waals surface area contributed by atoms with Crippen molar-refractivity contribution in [3.63, 3.8) is 0 Å². The molecule has 4 aliphatic rings. The topological polar surface area (TPSA) is 93.6 Å². The fourth-order valence-electron chi connectivity index (χ4n) is 9.34. The molecule has 0 aliphatic heterocycles. The molecule has 8 rings (SSSR count). The quantitative estimate of drug-likeness (QED) is 0.165. The van der Waals surface area contributed by atoms with Crippen LogP contribution in [-0.2, 0) is 42.3 Å². The van der Waals surface area contributed by atoms with E-state index in [9.17, 15) is 9.90 Å². The molecule has 1 atom stereocenters. The third-order valence-electron chi connectivity index (χ3n) is 11.9. The number of nitrogens with one attached hydrogen (secondary N) is 1. The number of aromatic nitrogens is 2. The number of carboxylic acids is 1. The zero-order chi connectivity index (χ0) is 33.4. The lowest BCUT2D eigenvalue weighted by Crippen LogP contribution is -2.53. The maximum atomic E-state index is 12.9. The average molecular weight is 678 g/mol. The first-order chi connectivity index (χ1) is 23.9. The number of aliphatic carboxylic acids is 1.